The largest absolute Gasteiger partial charge is 2.00 e. The van der Waals surface area contributed by atoms with Gasteiger partial charge in [-0.3, -0.25) is 14.4 Å². The molecule has 8 bridgehead atoms. The third-order valence-corrected chi connectivity index (χ3v) is 8.26. The predicted molar refractivity (Wildman–Crippen MR) is 158 cm³/mol. The van der Waals surface area contributed by atoms with Gasteiger partial charge in [0.25, 0.3) is 0 Å². The fourth-order valence-electron chi connectivity index (χ4n) is 6.11. The molecular weight excluding hydrogens is 529 g/mol. The normalized spacial score (nSPS) is 23.3. The Morgan fingerprint density at radius 3 is 2.41 bits per heavy atom. The van der Waals surface area contributed by atoms with Crippen LogP contribution in [-0.4, -0.2) is 48.2 Å². The van der Waals surface area contributed by atoms with Gasteiger partial charge in [0.1, 0.15) is 12.2 Å². The Bertz CT molecular complexity index is 1850. The Labute approximate surface area is 253 Å². The topological polar surface area (TPSA) is 117 Å². The van der Waals surface area contributed by atoms with Crippen molar-refractivity contribution >= 4 is 71.0 Å². The summed E-state index contributed by atoms with van der Waals surface area (Å²) < 4.78 is 5.05. The van der Waals surface area contributed by atoms with Crippen LogP contribution in [0.25, 0.3) is 35.2 Å². The Kier molecular flexibility index (Phi) is 7.38. The number of Topliss-reactive ketones (excluding diaryl/α,β-unsaturated/α-hetero) is 1. The molecule has 0 aromatic carbocycles. The number of hydrogen-bond acceptors (Lipinski definition) is 4. The van der Waals surface area contributed by atoms with Crippen LogP contribution in [0.2, 0.25) is 0 Å². The Hall–Kier alpha value is -3.82. The molecule has 2 atom stereocenters. The van der Waals surface area contributed by atoms with Crippen molar-refractivity contribution in [3.05, 3.63) is 90.1 Å². The number of ketones is 1. The summed E-state index contributed by atoms with van der Waals surface area (Å²) in [6, 6.07) is 0. The first-order chi connectivity index (χ1) is 19.2. The van der Waals surface area contributed by atoms with Crippen LogP contribution in [0.15, 0.2) is 18.0 Å². The van der Waals surface area contributed by atoms with Crippen LogP contribution in [0.3, 0.4) is 0 Å². The van der Waals surface area contributed by atoms with Crippen LogP contribution in [-0.2, 0) is 16.0 Å². The molecule has 41 heavy (non-hydrogen) atoms. The number of carbonyl (C=O) groups is 3. The van der Waals surface area contributed by atoms with E-state index in [1.165, 1.54) is 7.11 Å². The zero-order valence-electron chi connectivity index (χ0n) is 23.8. The summed E-state index contributed by atoms with van der Waals surface area (Å²) >= 11 is 0. The molecule has 1 aliphatic carbocycles. The van der Waals surface area contributed by atoms with Gasteiger partial charge in [-0.25, -0.2) is 0 Å². The van der Waals surface area contributed by atoms with Crippen molar-refractivity contribution in [3.63, 3.8) is 0 Å². The molecule has 2 aliphatic heterocycles. The predicted octanol–water partition coefficient (Wildman–Crippen LogP) is 2.93. The number of allylic oxidation sites excluding steroid dienone is 2. The Balaban J connectivity index is 0.00000337. The maximum Gasteiger partial charge on any atom is 2.00 e. The first-order valence-electron chi connectivity index (χ1n) is 13.3. The molecule has 6 rings (SSSR count). The number of aromatic nitrogens is 3. The molecule has 0 amide bonds. The van der Waals surface area contributed by atoms with Gasteiger partial charge in [0.15, 0.2) is 5.78 Å². The Morgan fingerprint density at radius 1 is 1.05 bits per heavy atom. The summed E-state index contributed by atoms with van der Waals surface area (Å²) in [6.45, 7) is 11.8. The van der Waals surface area contributed by atoms with Crippen molar-refractivity contribution in [1.29, 1.82) is 0 Å². The molecule has 0 saturated carbocycles. The van der Waals surface area contributed by atoms with Crippen LogP contribution in [0.5, 0.6) is 0 Å². The molecule has 1 saturated heterocycles. The van der Waals surface area contributed by atoms with Crippen LogP contribution in [0.4, 0.5) is 0 Å². The molecule has 3 aromatic rings. The van der Waals surface area contributed by atoms with Crippen molar-refractivity contribution in [3.8, 4) is 0 Å². The van der Waals surface area contributed by atoms with Crippen molar-refractivity contribution < 1.29 is 19.1 Å². The number of fused-ring (bicyclic) bond motifs is 7. The number of methoxy groups -OCH3 is 1. The molecule has 9 heteroatoms. The summed E-state index contributed by atoms with van der Waals surface area (Å²) in [5.41, 5.74) is 8.57. The van der Waals surface area contributed by atoms with E-state index in [0.29, 0.717) is 68.6 Å². The molecular formula is C32H28MgN4O4-2. The van der Waals surface area contributed by atoms with E-state index in [1.54, 1.807) is 6.08 Å². The van der Waals surface area contributed by atoms with Gasteiger partial charge in [0.05, 0.1) is 7.11 Å². The first kappa shape index (κ1) is 28.7. The number of rotatable bonds is 4. The van der Waals surface area contributed by atoms with Crippen LogP contribution >= 0.6 is 0 Å². The zero-order valence-corrected chi connectivity index (χ0v) is 25.2. The van der Waals surface area contributed by atoms with Crippen molar-refractivity contribution in [1.82, 2.24) is 15.0 Å². The standard InChI is InChI=1S/C32H29N4O4.Mg/c1-7-17-15(4)21-10-20-14(3)9-26(33-20)28-29(32(39)40-6)31(38)27-16(5)22(36-30(27)28)11-24-18(8-2)19(13-37)25(35-24)12-23(17)34-21;/h7,10-14,29H,1,8-9H2,2-6H3,(H-,33,36,37,38);/q-3;+2/p-1/b20-10-,25-12-;/t14-,29+;/m0./s1. The third-order valence-electron chi connectivity index (χ3n) is 8.26. The van der Waals surface area contributed by atoms with Gasteiger partial charge in [-0.05, 0) is 38.2 Å². The minimum atomic E-state index is -1.11. The maximum absolute atomic E-state index is 13.7. The van der Waals surface area contributed by atoms with Crippen molar-refractivity contribution in [2.24, 2.45) is 11.8 Å². The summed E-state index contributed by atoms with van der Waals surface area (Å²) in [5.74, 6) is -2.04. The zero-order chi connectivity index (χ0) is 28.5. The van der Waals surface area contributed by atoms with Crippen LogP contribution in [0.1, 0.15) is 86.0 Å². The average Bonchev–Trinajstić information content (AvgIpc) is 3.69. The van der Waals surface area contributed by atoms with E-state index in [0.717, 1.165) is 34.4 Å². The van der Waals surface area contributed by atoms with Crippen LogP contribution < -0.4 is 25.7 Å². The molecule has 0 unspecified atom stereocenters. The molecule has 5 heterocycles. The number of carbonyl (C=O) groups excluding carboxylic acids is 3. The summed E-state index contributed by atoms with van der Waals surface area (Å²) in [5, 5.41) is 6.07. The molecule has 0 spiro atoms. The first-order valence-corrected chi connectivity index (χ1v) is 13.3. The van der Waals surface area contributed by atoms with Gasteiger partial charge in [0.2, 0.25) is 0 Å². The second-order valence-electron chi connectivity index (χ2n) is 10.5. The number of aldehydes is 1. The molecule has 204 valence electrons. The van der Waals surface area contributed by atoms with E-state index in [1.807, 2.05) is 39.0 Å². The summed E-state index contributed by atoms with van der Waals surface area (Å²) in [7, 11) is 1.28. The Morgan fingerprint density at radius 2 is 1.76 bits per heavy atom. The smallest absolute Gasteiger partial charge is 0.664 e. The maximum atomic E-state index is 13.7. The van der Waals surface area contributed by atoms with E-state index in [4.69, 9.17) is 25.0 Å². The molecule has 8 nitrogen and oxygen atoms in total. The SMILES string of the molecule is C=Cc1c2[n-]c(c1C)/C=C1\[N-]/C(=C3\c4[n-]c(c(C)c4C(=O)[C@@H]3C(=O)OC)/C=c3\[n-]/c(c(C=O)c3CC)=C\2)C[C@@H]1C.[Mg+2]. The van der Waals surface area contributed by atoms with Gasteiger partial charge in [-0.2, -0.15) is 11.4 Å². The van der Waals surface area contributed by atoms with Gasteiger partial charge in [-0.15, -0.1) is 33.5 Å². The van der Waals surface area contributed by atoms with E-state index in [-0.39, 0.29) is 34.8 Å². The van der Waals surface area contributed by atoms with Crippen molar-refractivity contribution in [2.75, 3.05) is 7.11 Å². The van der Waals surface area contributed by atoms with Gasteiger partial charge in [0, 0.05) is 11.1 Å². The van der Waals surface area contributed by atoms with Gasteiger partial charge in [-0.1, -0.05) is 67.0 Å². The van der Waals surface area contributed by atoms with E-state index < -0.39 is 11.9 Å². The molecule has 1 fully saturated rings. The number of hydrogen-bond donors (Lipinski definition) is 0. The summed E-state index contributed by atoms with van der Waals surface area (Å²) in [6.07, 6.45) is 9.30. The fraction of sp³-hybridized carbons (Fsp3) is 0.281. The minimum Gasteiger partial charge on any atom is -0.664 e. The van der Waals surface area contributed by atoms with E-state index >= 15 is 0 Å². The van der Waals surface area contributed by atoms with Crippen molar-refractivity contribution in [2.45, 2.75) is 40.5 Å². The number of ether oxygens (including phenoxy) is 1. The van der Waals surface area contributed by atoms with Gasteiger partial charge < -0.3 is 25.0 Å². The molecule has 3 aliphatic rings. The van der Waals surface area contributed by atoms with E-state index in [2.05, 4.69) is 13.5 Å². The van der Waals surface area contributed by atoms with E-state index in [9.17, 15) is 14.4 Å². The molecule has 3 aromatic heterocycles. The second kappa shape index (κ2) is 10.5. The minimum absolute atomic E-state index is 0. The molecule has 0 radical (unpaired) electrons. The average molecular weight is 557 g/mol. The number of nitrogens with zero attached hydrogens (tertiary/aromatic N) is 4. The fourth-order valence-corrected chi connectivity index (χ4v) is 6.11. The monoisotopic (exact) mass is 556 g/mol. The number of esters is 1. The van der Waals surface area contributed by atoms with Crippen LogP contribution in [0, 0.1) is 25.7 Å². The third kappa shape index (κ3) is 4.21. The summed E-state index contributed by atoms with van der Waals surface area (Å²) in [4.78, 5) is 53.5. The van der Waals surface area contributed by atoms with Gasteiger partial charge >= 0.3 is 29.0 Å². The second-order valence-corrected chi connectivity index (χ2v) is 10.5. The quantitative estimate of drug-likeness (QED) is 0.210. The molecule has 0 N–H and O–H groups in total.